The highest BCUT2D eigenvalue weighted by Crippen LogP contribution is 2.20. The molecule has 0 amide bonds. The van der Waals surface area contributed by atoms with Crippen LogP contribution in [0.5, 0.6) is 0 Å². The molecule has 0 fully saturated rings. The molecule has 3 aromatic heterocycles. The number of nitrogens with zero attached hydrogens (tertiary/aromatic N) is 2. The lowest BCUT2D eigenvalue weighted by Gasteiger charge is -2.15. The molecule has 0 aliphatic carbocycles. The molecule has 24 heavy (non-hydrogen) atoms. The predicted octanol–water partition coefficient (Wildman–Crippen LogP) is 3.41. The van der Waals surface area contributed by atoms with Crippen molar-refractivity contribution in [1.29, 1.82) is 0 Å². The van der Waals surface area contributed by atoms with E-state index in [9.17, 15) is 9.59 Å². The molecule has 0 radical (unpaired) electrons. The van der Waals surface area contributed by atoms with Crippen molar-refractivity contribution in [1.82, 2.24) is 14.5 Å². The molecule has 1 aromatic carbocycles. The zero-order valence-electron chi connectivity index (χ0n) is 13.2. The van der Waals surface area contributed by atoms with E-state index in [-0.39, 0.29) is 22.3 Å². The van der Waals surface area contributed by atoms with Crippen LogP contribution in [0.2, 0.25) is 0 Å². The molecule has 0 spiro atoms. The van der Waals surface area contributed by atoms with Crippen molar-refractivity contribution in [2.45, 2.75) is 19.8 Å². The fourth-order valence-electron chi connectivity index (χ4n) is 2.87. The quantitative estimate of drug-likeness (QED) is 0.609. The number of hydrogen-bond donors (Lipinski definition) is 1. The van der Waals surface area contributed by atoms with Crippen molar-refractivity contribution < 1.29 is 0 Å². The molecule has 3 heterocycles. The maximum Gasteiger partial charge on any atom is 0.271 e. The van der Waals surface area contributed by atoms with Gasteiger partial charge in [0.1, 0.15) is 16.9 Å². The van der Waals surface area contributed by atoms with Gasteiger partial charge in [0.15, 0.2) is 0 Å². The summed E-state index contributed by atoms with van der Waals surface area (Å²) in [6, 6.07) is 11.1. The molecule has 0 aliphatic heterocycles. The number of nitrogens with one attached hydrogen (secondary N) is 1. The molecule has 0 saturated heterocycles. The summed E-state index contributed by atoms with van der Waals surface area (Å²) in [4.78, 5) is 33.7. The number of rotatable bonds is 2. The summed E-state index contributed by atoms with van der Waals surface area (Å²) < 4.78 is 2.10. The molecule has 1 N–H and O–H groups in total. The van der Waals surface area contributed by atoms with Gasteiger partial charge in [-0.05, 0) is 23.6 Å². The van der Waals surface area contributed by atoms with E-state index in [0.29, 0.717) is 21.9 Å². The summed E-state index contributed by atoms with van der Waals surface area (Å²) in [5.74, 6) is 0.660. The molecule has 4 rings (SSSR count). The van der Waals surface area contributed by atoms with Gasteiger partial charge in [0.2, 0.25) is 5.43 Å². The molecule has 5 nitrogen and oxygen atoms in total. The summed E-state index contributed by atoms with van der Waals surface area (Å²) in [6.45, 7) is 3.96. The minimum Gasteiger partial charge on any atom is -0.338 e. The number of thiophene rings is 1. The van der Waals surface area contributed by atoms with Crippen molar-refractivity contribution in [2.75, 3.05) is 0 Å². The van der Waals surface area contributed by atoms with E-state index in [2.05, 4.69) is 9.97 Å². The summed E-state index contributed by atoms with van der Waals surface area (Å²) in [7, 11) is 0. The molecule has 0 atom stereocenters. The number of para-hydroxylation sites is 1. The van der Waals surface area contributed by atoms with Gasteiger partial charge in [0.25, 0.3) is 5.56 Å². The third-order valence-electron chi connectivity index (χ3n) is 3.99. The van der Waals surface area contributed by atoms with Crippen LogP contribution in [0.4, 0.5) is 0 Å². The maximum atomic E-state index is 13.1. The van der Waals surface area contributed by atoms with Crippen LogP contribution in [0.1, 0.15) is 25.6 Å². The van der Waals surface area contributed by atoms with Gasteiger partial charge < -0.3 is 4.98 Å². The fraction of sp³-hybridized carbons (Fsp3) is 0.167. The number of aromatic amines is 1. The average molecular weight is 337 g/mol. The summed E-state index contributed by atoms with van der Waals surface area (Å²) >= 11 is 1.33. The predicted molar refractivity (Wildman–Crippen MR) is 97.4 cm³/mol. The van der Waals surface area contributed by atoms with Crippen LogP contribution in [-0.4, -0.2) is 14.5 Å². The highest BCUT2D eigenvalue weighted by molar-refractivity contribution is 7.17. The summed E-state index contributed by atoms with van der Waals surface area (Å²) in [5, 5.41) is 1.94. The first-order valence-electron chi connectivity index (χ1n) is 7.69. The first-order valence-corrected chi connectivity index (χ1v) is 8.57. The standard InChI is InChI=1S/C18H15N3O2S/c1-10(2)17-20-16-13(14(22)15-12(19-16)8-9-24-15)18(23)21(17)11-6-4-3-5-7-11/h3-10H,1-2H3,(H,19,22). The number of hydrogen-bond acceptors (Lipinski definition) is 4. The Morgan fingerprint density at radius 3 is 2.58 bits per heavy atom. The monoisotopic (exact) mass is 337 g/mol. The Kier molecular flexibility index (Phi) is 3.35. The lowest BCUT2D eigenvalue weighted by Crippen LogP contribution is -2.28. The zero-order chi connectivity index (χ0) is 16.8. The van der Waals surface area contributed by atoms with Crippen LogP contribution in [0.3, 0.4) is 0 Å². The Morgan fingerprint density at radius 1 is 1.12 bits per heavy atom. The van der Waals surface area contributed by atoms with Crippen LogP contribution in [0, 0.1) is 0 Å². The van der Waals surface area contributed by atoms with Crippen molar-refractivity contribution in [3.05, 3.63) is 68.2 Å². The number of H-pyrrole nitrogens is 1. The van der Waals surface area contributed by atoms with Crippen LogP contribution in [-0.2, 0) is 0 Å². The molecule has 6 heteroatoms. The lowest BCUT2D eigenvalue weighted by atomic mass is 10.1. The van der Waals surface area contributed by atoms with Crippen molar-refractivity contribution >= 4 is 32.6 Å². The van der Waals surface area contributed by atoms with E-state index in [1.165, 1.54) is 11.3 Å². The topological polar surface area (TPSA) is 67.8 Å². The van der Waals surface area contributed by atoms with Crippen molar-refractivity contribution in [3.63, 3.8) is 0 Å². The normalized spacial score (nSPS) is 11.6. The number of benzene rings is 1. The largest absolute Gasteiger partial charge is 0.338 e. The minimum absolute atomic E-state index is 0.0315. The summed E-state index contributed by atoms with van der Waals surface area (Å²) in [6.07, 6.45) is 0. The van der Waals surface area contributed by atoms with Gasteiger partial charge in [-0.2, -0.15) is 0 Å². The molecular weight excluding hydrogens is 322 g/mol. The SMILES string of the molecule is CC(C)c1nc2[nH]c3ccsc3c(=O)c2c(=O)n1-c1ccccc1. The van der Waals surface area contributed by atoms with Crippen molar-refractivity contribution in [2.24, 2.45) is 0 Å². The minimum atomic E-state index is -0.327. The number of fused-ring (bicyclic) bond motifs is 2. The van der Waals surface area contributed by atoms with Gasteiger partial charge in [-0.1, -0.05) is 32.0 Å². The van der Waals surface area contributed by atoms with Crippen molar-refractivity contribution in [3.8, 4) is 5.69 Å². The number of aromatic nitrogens is 3. The van der Waals surface area contributed by atoms with Crippen LogP contribution < -0.4 is 11.0 Å². The Hall–Kier alpha value is -2.73. The molecule has 0 saturated carbocycles. The second-order valence-corrected chi connectivity index (χ2v) is 6.86. The van der Waals surface area contributed by atoms with Gasteiger partial charge in [0.05, 0.1) is 15.9 Å². The number of pyridine rings is 1. The Labute approximate surface area is 141 Å². The molecule has 0 bridgehead atoms. The van der Waals surface area contributed by atoms with E-state index >= 15 is 0 Å². The van der Waals surface area contributed by atoms with Crippen LogP contribution in [0.25, 0.3) is 26.9 Å². The Morgan fingerprint density at radius 2 is 1.88 bits per heavy atom. The molecule has 120 valence electrons. The van der Waals surface area contributed by atoms with Gasteiger partial charge >= 0.3 is 0 Å². The smallest absolute Gasteiger partial charge is 0.271 e. The van der Waals surface area contributed by atoms with E-state index < -0.39 is 0 Å². The Balaban J connectivity index is 2.22. The maximum absolute atomic E-state index is 13.1. The lowest BCUT2D eigenvalue weighted by molar-refractivity contribution is 0.721. The third-order valence-corrected chi connectivity index (χ3v) is 4.90. The highest BCUT2D eigenvalue weighted by Gasteiger charge is 2.19. The average Bonchev–Trinajstić information content (AvgIpc) is 3.04. The molecule has 0 unspecified atom stereocenters. The second kappa shape index (κ2) is 5.42. The van der Waals surface area contributed by atoms with E-state index in [1.54, 1.807) is 4.57 Å². The Bertz CT molecular complexity index is 1170. The molecule has 0 aliphatic rings. The first kappa shape index (κ1) is 14.8. The van der Waals surface area contributed by atoms with E-state index in [4.69, 9.17) is 0 Å². The van der Waals surface area contributed by atoms with E-state index in [1.807, 2.05) is 55.6 Å². The van der Waals surface area contributed by atoms with E-state index in [0.717, 1.165) is 5.52 Å². The molecule has 4 aromatic rings. The first-order chi connectivity index (χ1) is 11.6. The highest BCUT2D eigenvalue weighted by atomic mass is 32.1. The van der Waals surface area contributed by atoms with Gasteiger partial charge in [-0.3, -0.25) is 14.2 Å². The third kappa shape index (κ3) is 2.11. The van der Waals surface area contributed by atoms with Gasteiger partial charge in [0, 0.05) is 5.92 Å². The van der Waals surface area contributed by atoms with Crippen LogP contribution in [0.15, 0.2) is 51.4 Å². The van der Waals surface area contributed by atoms with Gasteiger partial charge in [-0.25, -0.2) is 4.98 Å². The van der Waals surface area contributed by atoms with Gasteiger partial charge in [-0.15, -0.1) is 11.3 Å². The second-order valence-electron chi connectivity index (χ2n) is 5.94. The zero-order valence-corrected chi connectivity index (χ0v) is 14.1. The molecular formula is C18H15N3O2S. The van der Waals surface area contributed by atoms with Crippen LogP contribution >= 0.6 is 11.3 Å². The summed E-state index contributed by atoms with van der Waals surface area (Å²) in [5.41, 5.74) is 1.20. The fourth-order valence-corrected chi connectivity index (χ4v) is 3.67.